The van der Waals surface area contributed by atoms with E-state index in [4.69, 9.17) is 11.6 Å². The molecular weight excluding hydrogens is 298 g/mol. The van der Waals surface area contributed by atoms with E-state index >= 15 is 0 Å². The van der Waals surface area contributed by atoms with Crippen molar-refractivity contribution in [2.75, 3.05) is 11.9 Å². The number of aryl methyl sites for hydroxylation is 1. The molecule has 6 heteroatoms. The lowest BCUT2D eigenvalue weighted by molar-refractivity contribution is 0.224. The molecular formula is C16H20ClN5. The van der Waals surface area contributed by atoms with Crippen LogP contribution in [0.1, 0.15) is 37.1 Å². The van der Waals surface area contributed by atoms with Crippen molar-refractivity contribution in [2.45, 2.75) is 37.3 Å². The Labute approximate surface area is 135 Å². The Kier molecular flexibility index (Phi) is 3.16. The number of anilines is 1. The van der Waals surface area contributed by atoms with E-state index in [9.17, 15) is 0 Å². The summed E-state index contributed by atoms with van der Waals surface area (Å²) < 4.78 is 1.77. The van der Waals surface area contributed by atoms with Crippen LogP contribution in [0.3, 0.4) is 0 Å². The topological polar surface area (TPSA) is 54.8 Å². The summed E-state index contributed by atoms with van der Waals surface area (Å²) in [7, 11) is 1.91. The lowest BCUT2D eigenvalue weighted by atomic mass is 9.70. The van der Waals surface area contributed by atoms with Gasteiger partial charge in [-0.2, -0.15) is 0 Å². The molecule has 4 rings (SSSR count). The molecule has 0 saturated carbocycles. The van der Waals surface area contributed by atoms with E-state index in [0.29, 0.717) is 6.04 Å². The van der Waals surface area contributed by atoms with Crippen molar-refractivity contribution in [2.24, 2.45) is 7.05 Å². The van der Waals surface area contributed by atoms with Gasteiger partial charge in [0.25, 0.3) is 0 Å². The first-order chi connectivity index (χ1) is 10.6. The molecule has 2 aliphatic rings. The first-order valence-corrected chi connectivity index (χ1v) is 8.10. The molecule has 5 nitrogen and oxygen atoms in total. The molecule has 2 aromatic rings. The summed E-state index contributed by atoms with van der Waals surface area (Å²) in [6.07, 6.45) is 4.15. The Hall–Kier alpha value is -1.59. The number of benzene rings is 1. The van der Waals surface area contributed by atoms with Crippen LogP contribution >= 0.6 is 11.6 Å². The van der Waals surface area contributed by atoms with Gasteiger partial charge in [-0.05, 0) is 37.5 Å². The van der Waals surface area contributed by atoms with Crippen LogP contribution in [0.4, 0.5) is 5.69 Å². The average Bonchev–Trinajstić information content (AvgIpc) is 3.03. The standard InChI is InChI=1S/C16H20ClN5/c1-10-6-16(7-14(19-10)15-8-22(2)21-20-15)9-18-13-5-11(17)3-4-12(13)16/h3-5,8,10,14,18-19H,6-7,9H2,1-2H3/t10-,14-,16?/m0/s1. The van der Waals surface area contributed by atoms with E-state index in [1.54, 1.807) is 4.68 Å². The van der Waals surface area contributed by atoms with Crippen LogP contribution in [0, 0.1) is 0 Å². The van der Waals surface area contributed by atoms with Gasteiger partial charge in [-0.1, -0.05) is 22.9 Å². The molecule has 1 unspecified atom stereocenters. The monoisotopic (exact) mass is 317 g/mol. The third kappa shape index (κ3) is 2.20. The summed E-state index contributed by atoms with van der Waals surface area (Å²) >= 11 is 6.13. The second kappa shape index (κ2) is 4.96. The van der Waals surface area contributed by atoms with Crippen LogP contribution in [0.15, 0.2) is 24.4 Å². The molecule has 1 spiro atoms. The number of hydrogen-bond donors (Lipinski definition) is 2. The predicted octanol–water partition coefficient (Wildman–Crippen LogP) is 2.64. The predicted molar refractivity (Wildman–Crippen MR) is 87.2 cm³/mol. The van der Waals surface area contributed by atoms with Crippen LogP contribution in [0.2, 0.25) is 5.02 Å². The molecule has 3 atom stereocenters. The minimum absolute atomic E-state index is 0.146. The van der Waals surface area contributed by atoms with Crippen molar-refractivity contribution in [3.63, 3.8) is 0 Å². The van der Waals surface area contributed by atoms with Crippen LogP contribution in [0.5, 0.6) is 0 Å². The zero-order valence-electron chi connectivity index (χ0n) is 12.8. The third-order valence-electron chi connectivity index (χ3n) is 4.93. The molecule has 1 aromatic carbocycles. The number of fused-ring (bicyclic) bond motifs is 2. The Bertz CT molecular complexity index is 712. The first kappa shape index (κ1) is 14.0. The van der Waals surface area contributed by atoms with E-state index < -0.39 is 0 Å². The molecule has 1 saturated heterocycles. The van der Waals surface area contributed by atoms with Gasteiger partial charge in [-0.15, -0.1) is 5.10 Å². The molecule has 1 fully saturated rings. The highest BCUT2D eigenvalue weighted by atomic mass is 35.5. The van der Waals surface area contributed by atoms with Crippen LogP contribution < -0.4 is 10.6 Å². The summed E-state index contributed by atoms with van der Waals surface area (Å²) in [5, 5.41) is 16.4. The molecule has 22 heavy (non-hydrogen) atoms. The zero-order valence-corrected chi connectivity index (χ0v) is 13.6. The molecule has 2 aliphatic heterocycles. The maximum absolute atomic E-state index is 6.13. The molecule has 0 aliphatic carbocycles. The second-order valence-electron chi connectivity index (χ2n) is 6.67. The molecule has 116 valence electrons. The fraction of sp³-hybridized carbons (Fsp3) is 0.500. The lowest BCUT2D eigenvalue weighted by Crippen LogP contribution is -2.48. The van der Waals surface area contributed by atoms with Crippen molar-refractivity contribution in [3.8, 4) is 0 Å². The van der Waals surface area contributed by atoms with Gasteiger partial charge in [-0.3, -0.25) is 4.68 Å². The molecule has 0 bridgehead atoms. The number of aromatic nitrogens is 3. The van der Waals surface area contributed by atoms with Gasteiger partial charge in [-0.25, -0.2) is 0 Å². The van der Waals surface area contributed by atoms with E-state index in [1.165, 1.54) is 11.3 Å². The van der Waals surface area contributed by atoms with Crippen LogP contribution in [0.25, 0.3) is 0 Å². The van der Waals surface area contributed by atoms with Gasteiger partial charge in [0, 0.05) is 42.0 Å². The normalized spacial score (nSPS) is 30.3. The van der Waals surface area contributed by atoms with E-state index in [2.05, 4.69) is 33.9 Å². The van der Waals surface area contributed by atoms with Gasteiger partial charge in [0.2, 0.25) is 0 Å². The highest BCUT2D eigenvalue weighted by Gasteiger charge is 2.45. The van der Waals surface area contributed by atoms with Gasteiger partial charge in [0.1, 0.15) is 0 Å². The van der Waals surface area contributed by atoms with Crippen LogP contribution in [-0.4, -0.2) is 27.6 Å². The largest absolute Gasteiger partial charge is 0.384 e. The van der Waals surface area contributed by atoms with Gasteiger partial charge in [0.05, 0.1) is 11.7 Å². The van der Waals surface area contributed by atoms with Crippen LogP contribution in [-0.2, 0) is 12.5 Å². The number of nitrogens with one attached hydrogen (secondary N) is 2. The Balaban J connectivity index is 1.71. The van der Waals surface area contributed by atoms with E-state index in [-0.39, 0.29) is 11.5 Å². The molecule has 0 radical (unpaired) electrons. The van der Waals surface area contributed by atoms with Crippen molar-refractivity contribution in [3.05, 3.63) is 40.7 Å². The van der Waals surface area contributed by atoms with Crippen molar-refractivity contribution in [1.29, 1.82) is 0 Å². The number of hydrogen-bond acceptors (Lipinski definition) is 4. The summed E-state index contributed by atoms with van der Waals surface area (Å²) in [6, 6.07) is 6.89. The number of rotatable bonds is 1. The average molecular weight is 318 g/mol. The number of nitrogens with zero attached hydrogens (tertiary/aromatic N) is 3. The van der Waals surface area contributed by atoms with E-state index in [1.807, 2.05) is 25.4 Å². The summed E-state index contributed by atoms with van der Waals surface area (Å²) in [5.74, 6) is 0. The SMILES string of the molecule is C[C@H]1CC2(CNc3cc(Cl)ccc32)C[C@@H](c2cn(C)nn2)N1. The van der Waals surface area contributed by atoms with Crippen molar-refractivity contribution < 1.29 is 0 Å². The van der Waals surface area contributed by atoms with Crippen molar-refractivity contribution in [1.82, 2.24) is 20.3 Å². The summed E-state index contributed by atoms with van der Waals surface area (Å²) in [4.78, 5) is 0. The quantitative estimate of drug-likeness (QED) is 0.849. The molecule has 2 N–H and O–H groups in total. The summed E-state index contributed by atoms with van der Waals surface area (Å²) in [5.41, 5.74) is 3.74. The van der Waals surface area contributed by atoms with Gasteiger partial charge < -0.3 is 10.6 Å². The Morgan fingerprint density at radius 1 is 1.36 bits per heavy atom. The fourth-order valence-electron chi connectivity index (χ4n) is 4.09. The van der Waals surface area contributed by atoms with Gasteiger partial charge >= 0.3 is 0 Å². The maximum Gasteiger partial charge on any atom is 0.0996 e. The highest BCUT2D eigenvalue weighted by Crippen LogP contribution is 2.48. The third-order valence-corrected chi connectivity index (χ3v) is 5.16. The van der Waals surface area contributed by atoms with Crippen molar-refractivity contribution >= 4 is 17.3 Å². The Morgan fingerprint density at radius 2 is 2.23 bits per heavy atom. The zero-order chi connectivity index (χ0) is 15.3. The molecule has 0 amide bonds. The minimum Gasteiger partial charge on any atom is -0.384 e. The smallest absolute Gasteiger partial charge is 0.0996 e. The first-order valence-electron chi connectivity index (χ1n) is 7.72. The molecule has 1 aromatic heterocycles. The maximum atomic E-state index is 6.13. The fourth-order valence-corrected chi connectivity index (χ4v) is 4.26. The molecule has 3 heterocycles. The number of piperidine rings is 1. The van der Waals surface area contributed by atoms with E-state index in [0.717, 1.165) is 30.1 Å². The second-order valence-corrected chi connectivity index (χ2v) is 7.11. The highest BCUT2D eigenvalue weighted by molar-refractivity contribution is 6.30. The van der Waals surface area contributed by atoms with Gasteiger partial charge in [0.15, 0.2) is 0 Å². The number of halogens is 1. The summed E-state index contributed by atoms with van der Waals surface area (Å²) in [6.45, 7) is 3.21. The minimum atomic E-state index is 0.146. The lowest BCUT2D eigenvalue weighted by Gasteiger charge is -2.41. The Morgan fingerprint density at radius 3 is 3.00 bits per heavy atom.